The van der Waals surface area contributed by atoms with Crippen molar-refractivity contribution in [2.45, 2.75) is 71.1 Å². The highest BCUT2D eigenvalue weighted by Crippen LogP contribution is 2.44. The standard InChI is InChI=1S/C27H30FNO4/c1-16(2)33-22-14-13-18(15-17(22)3)25(30)23-24(20-11-7-8-12-21(20)28)29(27(32)26(23)31)19-9-5-4-6-10-19/h7-8,11-16,19,24,30H,4-6,9-10H2,1-3H3/b25-23+. The molecule has 0 bridgehead atoms. The van der Waals surface area contributed by atoms with Gasteiger partial charge in [-0.2, -0.15) is 0 Å². The Morgan fingerprint density at radius 1 is 1.09 bits per heavy atom. The number of benzene rings is 2. The molecule has 1 N–H and O–H groups in total. The zero-order valence-corrected chi connectivity index (χ0v) is 19.3. The first-order valence-corrected chi connectivity index (χ1v) is 11.6. The number of carbonyl (C=O) groups excluding carboxylic acids is 2. The Morgan fingerprint density at radius 3 is 2.42 bits per heavy atom. The van der Waals surface area contributed by atoms with Crippen molar-refractivity contribution in [3.63, 3.8) is 0 Å². The Hall–Kier alpha value is -3.15. The van der Waals surface area contributed by atoms with Gasteiger partial charge in [0.25, 0.3) is 11.7 Å². The summed E-state index contributed by atoms with van der Waals surface area (Å²) in [4.78, 5) is 27.9. The molecule has 4 rings (SSSR count). The molecule has 1 heterocycles. The fraction of sp³-hybridized carbons (Fsp3) is 0.407. The summed E-state index contributed by atoms with van der Waals surface area (Å²) >= 11 is 0. The van der Waals surface area contributed by atoms with Crippen molar-refractivity contribution < 1.29 is 23.8 Å². The molecule has 1 unspecified atom stereocenters. The van der Waals surface area contributed by atoms with Gasteiger partial charge in [0, 0.05) is 17.2 Å². The molecule has 1 saturated heterocycles. The lowest BCUT2D eigenvalue weighted by atomic mass is 9.90. The molecule has 1 atom stereocenters. The van der Waals surface area contributed by atoms with Crippen molar-refractivity contribution in [1.29, 1.82) is 0 Å². The second-order valence-electron chi connectivity index (χ2n) is 9.17. The van der Waals surface area contributed by atoms with Gasteiger partial charge in [0.05, 0.1) is 17.7 Å². The zero-order chi connectivity index (χ0) is 23.7. The number of aliphatic hydroxyl groups excluding tert-OH is 1. The number of likely N-dealkylation sites (tertiary alicyclic amines) is 1. The summed E-state index contributed by atoms with van der Waals surface area (Å²) in [7, 11) is 0. The lowest BCUT2D eigenvalue weighted by Crippen LogP contribution is -2.40. The summed E-state index contributed by atoms with van der Waals surface area (Å²) in [5.41, 5.74) is 1.34. The molecule has 1 aliphatic carbocycles. The predicted octanol–water partition coefficient (Wildman–Crippen LogP) is 5.68. The summed E-state index contributed by atoms with van der Waals surface area (Å²) in [5.74, 6) is -1.57. The van der Waals surface area contributed by atoms with E-state index < -0.39 is 23.5 Å². The number of amides is 1. The minimum atomic E-state index is -0.957. The Kier molecular flexibility index (Phi) is 6.54. The molecular formula is C27H30FNO4. The van der Waals surface area contributed by atoms with Crippen LogP contribution >= 0.6 is 0 Å². The Labute approximate surface area is 193 Å². The van der Waals surface area contributed by atoms with Gasteiger partial charge in [0.2, 0.25) is 0 Å². The fourth-order valence-electron chi connectivity index (χ4n) is 4.93. The van der Waals surface area contributed by atoms with Gasteiger partial charge in [-0.05, 0) is 63.4 Å². The number of carbonyl (C=O) groups is 2. The van der Waals surface area contributed by atoms with Crippen LogP contribution < -0.4 is 4.74 Å². The van der Waals surface area contributed by atoms with Crippen molar-refractivity contribution in [3.8, 4) is 5.75 Å². The molecular weight excluding hydrogens is 421 g/mol. The largest absolute Gasteiger partial charge is 0.507 e. The molecule has 5 nitrogen and oxygen atoms in total. The molecule has 0 aromatic heterocycles. The SMILES string of the molecule is Cc1cc(/C(O)=C2\C(=O)C(=O)N(C3CCCCC3)C2c2ccccc2F)ccc1OC(C)C. The topological polar surface area (TPSA) is 66.8 Å². The maximum absolute atomic E-state index is 14.9. The lowest BCUT2D eigenvalue weighted by molar-refractivity contribution is -0.141. The first-order valence-electron chi connectivity index (χ1n) is 11.6. The van der Waals surface area contributed by atoms with Crippen molar-refractivity contribution in [2.75, 3.05) is 0 Å². The molecule has 2 aromatic rings. The third-order valence-electron chi connectivity index (χ3n) is 6.46. The van der Waals surface area contributed by atoms with Crippen LogP contribution in [0.4, 0.5) is 4.39 Å². The van der Waals surface area contributed by atoms with E-state index in [2.05, 4.69) is 0 Å². The van der Waals surface area contributed by atoms with Crippen LogP contribution in [0.1, 0.15) is 68.7 Å². The van der Waals surface area contributed by atoms with Crippen LogP contribution in [0.3, 0.4) is 0 Å². The molecule has 2 aliphatic rings. The molecule has 0 spiro atoms. The van der Waals surface area contributed by atoms with Crippen LogP contribution in [0.25, 0.3) is 5.76 Å². The quantitative estimate of drug-likeness (QED) is 0.361. The van der Waals surface area contributed by atoms with E-state index in [9.17, 15) is 19.1 Å². The number of aryl methyl sites for hydroxylation is 1. The van der Waals surface area contributed by atoms with Crippen molar-refractivity contribution in [2.24, 2.45) is 0 Å². The van der Waals surface area contributed by atoms with Gasteiger partial charge in [0.15, 0.2) is 0 Å². The van der Waals surface area contributed by atoms with Crippen LogP contribution in [-0.4, -0.2) is 33.8 Å². The number of halogens is 1. The van der Waals surface area contributed by atoms with E-state index in [0.717, 1.165) is 37.7 Å². The normalized spacial score (nSPS) is 21.1. The number of ketones is 1. The second kappa shape index (κ2) is 9.38. The lowest BCUT2D eigenvalue weighted by Gasteiger charge is -2.35. The third kappa shape index (κ3) is 4.39. The third-order valence-corrected chi connectivity index (χ3v) is 6.46. The maximum Gasteiger partial charge on any atom is 0.295 e. The monoisotopic (exact) mass is 451 g/mol. The summed E-state index contributed by atoms with van der Waals surface area (Å²) in [6.45, 7) is 5.70. The number of Topliss-reactive ketones (excluding diaryl/α,β-unsaturated/α-hetero) is 1. The fourth-order valence-corrected chi connectivity index (χ4v) is 4.93. The number of nitrogens with zero attached hydrogens (tertiary/aromatic N) is 1. The minimum Gasteiger partial charge on any atom is -0.507 e. The van der Waals surface area contributed by atoms with Gasteiger partial charge in [-0.3, -0.25) is 9.59 Å². The smallest absolute Gasteiger partial charge is 0.295 e. The van der Waals surface area contributed by atoms with E-state index in [1.165, 1.54) is 11.0 Å². The van der Waals surface area contributed by atoms with Gasteiger partial charge in [0.1, 0.15) is 17.3 Å². The van der Waals surface area contributed by atoms with Crippen molar-refractivity contribution in [3.05, 3.63) is 70.5 Å². The van der Waals surface area contributed by atoms with Crippen molar-refractivity contribution >= 4 is 17.4 Å². The first kappa shape index (κ1) is 23.0. The molecule has 1 aliphatic heterocycles. The molecule has 1 saturated carbocycles. The predicted molar refractivity (Wildman–Crippen MR) is 124 cm³/mol. The van der Waals surface area contributed by atoms with E-state index in [1.54, 1.807) is 36.4 Å². The Bertz CT molecular complexity index is 1100. The average molecular weight is 452 g/mol. The number of rotatable bonds is 5. The number of hydrogen-bond donors (Lipinski definition) is 1. The van der Waals surface area contributed by atoms with Crippen LogP contribution in [0.15, 0.2) is 48.0 Å². The molecule has 6 heteroatoms. The molecule has 0 radical (unpaired) electrons. The van der Waals surface area contributed by atoms with Gasteiger partial charge in [-0.15, -0.1) is 0 Å². The van der Waals surface area contributed by atoms with Crippen LogP contribution in [-0.2, 0) is 9.59 Å². The molecule has 2 aromatic carbocycles. The van der Waals surface area contributed by atoms with E-state index in [4.69, 9.17) is 4.74 Å². The Balaban J connectivity index is 1.85. The highest BCUT2D eigenvalue weighted by molar-refractivity contribution is 6.46. The van der Waals surface area contributed by atoms with E-state index >= 15 is 0 Å². The first-order chi connectivity index (χ1) is 15.8. The zero-order valence-electron chi connectivity index (χ0n) is 19.3. The molecule has 2 fully saturated rings. The van der Waals surface area contributed by atoms with Gasteiger partial charge in [-0.1, -0.05) is 37.5 Å². The summed E-state index contributed by atoms with van der Waals surface area (Å²) in [6.07, 6.45) is 4.50. The minimum absolute atomic E-state index is 0.00924. The number of aliphatic hydroxyl groups is 1. The van der Waals surface area contributed by atoms with Gasteiger partial charge >= 0.3 is 0 Å². The molecule has 1 amide bonds. The van der Waals surface area contributed by atoms with Gasteiger partial charge < -0.3 is 14.7 Å². The highest BCUT2D eigenvalue weighted by atomic mass is 19.1. The Morgan fingerprint density at radius 2 is 1.79 bits per heavy atom. The van der Waals surface area contributed by atoms with Crippen molar-refractivity contribution in [1.82, 2.24) is 4.90 Å². The van der Waals surface area contributed by atoms with Crippen LogP contribution in [0.5, 0.6) is 5.75 Å². The van der Waals surface area contributed by atoms with E-state index in [1.807, 2.05) is 20.8 Å². The molecule has 174 valence electrons. The van der Waals surface area contributed by atoms with E-state index in [-0.39, 0.29) is 29.0 Å². The summed E-state index contributed by atoms with van der Waals surface area (Å²) in [6, 6.07) is 10.2. The van der Waals surface area contributed by atoms with E-state index in [0.29, 0.717) is 11.3 Å². The van der Waals surface area contributed by atoms with Crippen LogP contribution in [0, 0.1) is 12.7 Å². The molecule has 33 heavy (non-hydrogen) atoms. The maximum atomic E-state index is 14.9. The second-order valence-corrected chi connectivity index (χ2v) is 9.17. The number of hydrogen-bond acceptors (Lipinski definition) is 4. The van der Waals surface area contributed by atoms with Gasteiger partial charge in [-0.25, -0.2) is 4.39 Å². The average Bonchev–Trinajstić information content (AvgIpc) is 3.05. The highest BCUT2D eigenvalue weighted by Gasteiger charge is 2.49. The summed E-state index contributed by atoms with van der Waals surface area (Å²) in [5, 5.41) is 11.3. The summed E-state index contributed by atoms with van der Waals surface area (Å²) < 4.78 is 20.7. The number of ether oxygens (including phenoxy) is 1. The van der Waals surface area contributed by atoms with Crippen LogP contribution in [0.2, 0.25) is 0 Å².